The third-order valence-electron chi connectivity index (χ3n) is 3.34. The van der Waals surface area contributed by atoms with Crippen LogP contribution in [0.4, 0.5) is 5.69 Å². The van der Waals surface area contributed by atoms with E-state index in [2.05, 4.69) is 15.5 Å². The van der Waals surface area contributed by atoms with E-state index in [-0.39, 0.29) is 11.7 Å². The normalized spacial score (nSPS) is 10.4. The smallest absolute Gasteiger partial charge is 0.236 e. The highest BCUT2D eigenvalue weighted by Gasteiger charge is 2.10. The molecule has 0 bridgehead atoms. The Bertz CT molecular complexity index is 836. The fourth-order valence-electron chi connectivity index (χ4n) is 2.18. The molecule has 6 nitrogen and oxygen atoms in total. The van der Waals surface area contributed by atoms with Crippen LogP contribution in [0.3, 0.4) is 0 Å². The minimum atomic E-state index is -0.114. The molecule has 0 aliphatic carbocycles. The number of carbonyl (C=O) groups is 1. The predicted octanol–water partition coefficient (Wildman–Crippen LogP) is 3.62. The van der Waals surface area contributed by atoms with E-state index >= 15 is 0 Å². The standard InChI is InChI=1S/C18H17N3O3S/c1-23-15-10-6-5-9-14(15)19-16(22)11-25-12-17-20-18(21-24-17)13-7-3-2-4-8-13/h2-10H,11-12H2,1H3,(H,19,22). The van der Waals surface area contributed by atoms with E-state index in [0.29, 0.717) is 28.9 Å². The van der Waals surface area contributed by atoms with Gasteiger partial charge in [0.15, 0.2) is 0 Å². The molecular weight excluding hydrogens is 338 g/mol. The molecule has 1 heterocycles. The van der Waals surface area contributed by atoms with Crippen LogP contribution in [-0.2, 0) is 10.5 Å². The van der Waals surface area contributed by atoms with Gasteiger partial charge in [-0.3, -0.25) is 4.79 Å². The first-order valence-electron chi connectivity index (χ1n) is 7.65. The van der Waals surface area contributed by atoms with Gasteiger partial charge in [-0.2, -0.15) is 4.98 Å². The zero-order chi connectivity index (χ0) is 17.5. The van der Waals surface area contributed by atoms with Crippen LogP contribution < -0.4 is 10.1 Å². The zero-order valence-electron chi connectivity index (χ0n) is 13.6. The van der Waals surface area contributed by atoms with Gasteiger partial charge in [0.1, 0.15) is 5.75 Å². The largest absolute Gasteiger partial charge is 0.495 e. The van der Waals surface area contributed by atoms with Crippen molar-refractivity contribution in [1.29, 1.82) is 0 Å². The molecule has 0 saturated heterocycles. The van der Waals surface area contributed by atoms with Crippen molar-refractivity contribution in [2.24, 2.45) is 0 Å². The summed E-state index contributed by atoms with van der Waals surface area (Å²) < 4.78 is 10.4. The lowest BCUT2D eigenvalue weighted by molar-refractivity contribution is -0.113. The van der Waals surface area contributed by atoms with Gasteiger partial charge in [0.05, 0.1) is 24.3 Å². The van der Waals surface area contributed by atoms with E-state index in [1.807, 2.05) is 42.5 Å². The van der Waals surface area contributed by atoms with E-state index in [9.17, 15) is 4.79 Å². The second-order valence-corrected chi connectivity index (χ2v) is 6.10. The van der Waals surface area contributed by atoms with Crippen molar-refractivity contribution < 1.29 is 14.1 Å². The Morgan fingerprint density at radius 3 is 2.72 bits per heavy atom. The number of benzene rings is 2. The van der Waals surface area contributed by atoms with Crippen molar-refractivity contribution >= 4 is 23.4 Å². The molecule has 1 N–H and O–H groups in total. The molecule has 2 aromatic carbocycles. The first-order valence-corrected chi connectivity index (χ1v) is 8.80. The molecular formula is C18H17N3O3S. The molecule has 128 valence electrons. The molecule has 0 unspecified atom stereocenters. The van der Waals surface area contributed by atoms with E-state index in [0.717, 1.165) is 5.56 Å². The van der Waals surface area contributed by atoms with Crippen LogP contribution >= 0.6 is 11.8 Å². The fourth-order valence-corrected chi connectivity index (χ4v) is 2.83. The summed E-state index contributed by atoms with van der Waals surface area (Å²) in [6.45, 7) is 0. The second-order valence-electron chi connectivity index (χ2n) is 5.12. The van der Waals surface area contributed by atoms with Crippen LogP contribution in [0.5, 0.6) is 5.75 Å². The van der Waals surface area contributed by atoms with Crippen LogP contribution in [-0.4, -0.2) is 28.9 Å². The number of methoxy groups -OCH3 is 1. The van der Waals surface area contributed by atoms with Crippen molar-refractivity contribution in [2.45, 2.75) is 5.75 Å². The third-order valence-corrected chi connectivity index (χ3v) is 4.26. The van der Waals surface area contributed by atoms with E-state index in [1.54, 1.807) is 19.2 Å². The van der Waals surface area contributed by atoms with Crippen LogP contribution in [0.25, 0.3) is 11.4 Å². The molecule has 25 heavy (non-hydrogen) atoms. The lowest BCUT2D eigenvalue weighted by atomic mass is 10.2. The van der Waals surface area contributed by atoms with Gasteiger partial charge >= 0.3 is 0 Å². The highest BCUT2D eigenvalue weighted by atomic mass is 32.2. The quantitative estimate of drug-likeness (QED) is 0.697. The maximum absolute atomic E-state index is 12.0. The fraction of sp³-hybridized carbons (Fsp3) is 0.167. The molecule has 0 fully saturated rings. The minimum absolute atomic E-state index is 0.114. The number of thioether (sulfide) groups is 1. The number of anilines is 1. The van der Waals surface area contributed by atoms with Gasteiger partial charge < -0.3 is 14.6 Å². The van der Waals surface area contributed by atoms with Gasteiger partial charge in [0.2, 0.25) is 17.6 Å². The van der Waals surface area contributed by atoms with E-state index in [4.69, 9.17) is 9.26 Å². The summed E-state index contributed by atoms with van der Waals surface area (Å²) in [5.74, 6) is 2.31. The van der Waals surface area contributed by atoms with Crippen molar-refractivity contribution in [2.75, 3.05) is 18.2 Å². The first-order chi connectivity index (χ1) is 12.3. The van der Waals surface area contributed by atoms with Crippen molar-refractivity contribution in [3.8, 4) is 17.1 Å². The summed E-state index contributed by atoms with van der Waals surface area (Å²) in [7, 11) is 1.57. The van der Waals surface area contributed by atoms with Gasteiger partial charge in [-0.15, -0.1) is 11.8 Å². The van der Waals surface area contributed by atoms with Gasteiger partial charge in [0, 0.05) is 5.56 Å². The lowest BCUT2D eigenvalue weighted by Crippen LogP contribution is -2.14. The summed E-state index contributed by atoms with van der Waals surface area (Å²) in [6.07, 6.45) is 0. The summed E-state index contributed by atoms with van der Waals surface area (Å²) in [5.41, 5.74) is 1.55. The molecule has 3 aromatic rings. The van der Waals surface area contributed by atoms with E-state index in [1.165, 1.54) is 11.8 Å². The number of amides is 1. The number of carbonyl (C=O) groups excluding carboxylic acids is 1. The number of rotatable bonds is 7. The minimum Gasteiger partial charge on any atom is -0.495 e. The Morgan fingerprint density at radius 1 is 1.16 bits per heavy atom. The molecule has 0 aliphatic rings. The highest BCUT2D eigenvalue weighted by molar-refractivity contribution is 7.99. The Labute approximate surface area is 149 Å². The van der Waals surface area contributed by atoms with Crippen LogP contribution in [0.2, 0.25) is 0 Å². The summed E-state index contributed by atoms with van der Waals surface area (Å²) in [4.78, 5) is 16.4. The van der Waals surface area contributed by atoms with Crippen LogP contribution in [0, 0.1) is 0 Å². The molecule has 0 radical (unpaired) electrons. The Balaban J connectivity index is 1.50. The number of para-hydroxylation sites is 2. The maximum Gasteiger partial charge on any atom is 0.236 e. The average molecular weight is 355 g/mol. The number of nitrogens with one attached hydrogen (secondary N) is 1. The van der Waals surface area contributed by atoms with E-state index < -0.39 is 0 Å². The molecule has 0 saturated carbocycles. The van der Waals surface area contributed by atoms with Gasteiger partial charge in [0.25, 0.3) is 0 Å². The molecule has 3 rings (SSSR count). The second kappa shape index (κ2) is 8.34. The number of aromatic nitrogens is 2. The number of hydrogen-bond acceptors (Lipinski definition) is 6. The highest BCUT2D eigenvalue weighted by Crippen LogP contribution is 2.23. The number of ether oxygens (including phenoxy) is 1. The van der Waals surface area contributed by atoms with Crippen LogP contribution in [0.1, 0.15) is 5.89 Å². The first kappa shape index (κ1) is 17.0. The van der Waals surface area contributed by atoms with Crippen molar-refractivity contribution in [3.05, 3.63) is 60.5 Å². The predicted molar refractivity (Wildman–Crippen MR) is 97.5 cm³/mol. The molecule has 1 aromatic heterocycles. The lowest BCUT2D eigenvalue weighted by Gasteiger charge is -2.09. The zero-order valence-corrected chi connectivity index (χ0v) is 14.5. The maximum atomic E-state index is 12.0. The monoisotopic (exact) mass is 355 g/mol. The Hall–Kier alpha value is -2.80. The third kappa shape index (κ3) is 4.60. The molecule has 0 atom stereocenters. The molecule has 1 amide bonds. The van der Waals surface area contributed by atoms with Crippen molar-refractivity contribution in [1.82, 2.24) is 10.1 Å². The van der Waals surface area contributed by atoms with Gasteiger partial charge in [-0.1, -0.05) is 47.6 Å². The SMILES string of the molecule is COc1ccccc1NC(=O)CSCc1nc(-c2ccccc2)no1. The Morgan fingerprint density at radius 2 is 1.92 bits per heavy atom. The number of nitrogens with zero attached hydrogens (tertiary/aromatic N) is 2. The van der Waals surface area contributed by atoms with Crippen molar-refractivity contribution in [3.63, 3.8) is 0 Å². The summed E-state index contributed by atoms with van der Waals surface area (Å²) in [5, 5.41) is 6.79. The molecule has 7 heteroatoms. The Kier molecular flexibility index (Phi) is 5.69. The molecule has 0 spiro atoms. The average Bonchev–Trinajstić information content (AvgIpc) is 3.12. The summed E-state index contributed by atoms with van der Waals surface area (Å²) in [6, 6.07) is 16.9. The summed E-state index contributed by atoms with van der Waals surface area (Å²) >= 11 is 1.41. The topological polar surface area (TPSA) is 77.2 Å². The van der Waals surface area contributed by atoms with Gasteiger partial charge in [-0.25, -0.2) is 0 Å². The number of hydrogen-bond donors (Lipinski definition) is 1. The molecule has 0 aliphatic heterocycles. The van der Waals surface area contributed by atoms with Gasteiger partial charge in [-0.05, 0) is 12.1 Å². The van der Waals surface area contributed by atoms with Crippen LogP contribution in [0.15, 0.2) is 59.1 Å².